The van der Waals surface area contributed by atoms with E-state index < -0.39 is 12.1 Å². The number of halogens is 2. The molecule has 0 bridgehead atoms. The molecule has 3 aromatic rings. The van der Waals surface area contributed by atoms with Crippen LogP contribution in [0.4, 0.5) is 8.78 Å². The smallest absolute Gasteiger partial charge is 0.215 e. The molecular weight excluding hydrogens is 434 g/mol. The third kappa shape index (κ3) is 4.58. The van der Waals surface area contributed by atoms with Gasteiger partial charge in [-0.1, -0.05) is 51.1 Å². The van der Waals surface area contributed by atoms with Crippen molar-refractivity contribution in [1.29, 1.82) is 0 Å². The van der Waals surface area contributed by atoms with Crippen molar-refractivity contribution in [2.75, 3.05) is 6.61 Å². The van der Waals surface area contributed by atoms with Crippen molar-refractivity contribution in [1.82, 2.24) is 4.90 Å². The second kappa shape index (κ2) is 9.37. The number of carbonyl (C=O) groups excluding carboxylic acids is 1. The van der Waals surface area contributed by atoms with Gasteiger partial charge in [-0.3, -0.25) is 14.7 Å². The molecule has 1 aliphatic rings. The maximum absolute atomic E-state index is 13.7. The second-order valence-electron chi connectivity index (χ2n) is 9.35. The van der Waals surface area contributed by atoms with Crippen LogP contribution in [-0.2, 0) is 10.2 Å². The average Bonchev–Trinajstić information content (AvgIpc) is 3.19. The summed E-state index contributed by atoms with van der Waals surface area (Å²) in [5.41, 5.74) is 3.19. The number of benzene rings is 3. The van der Waals surface area contributed by atoms with E-state index in [2.05, 4.69) is 20.8 Å². The third-order valence-electron chi connectivity index (χ3n) is 6.03. The van der Waals surface area contributed by atoms with Crippen molar-refractivity contribution in [3.05, 3.63) is 101 Å². The number of amidine groups is 1. The summed E-state index contributed by atoms with van der Waals surface area (Å²) in [7, 11) is 0. The Balaban J connectivity index is 1.88. The number of carbonyl (C=O) groups is 1. The molecule has 34 heavy (non-hydrogen) atoms. The van der Waals surface area contributed by atoms with Crippen molar-refractivity contribution in [3.8, 4) is 5.75 Å². The summed E-state index contributed by atoms with van der Waals surface area (Å²) in [5, 5.41) is 0. The molecule has 0 aromatic heterocycles. The van der Waals surface area contributed by atoms with E-state index in [-0.39, 0.29) is 17.0 Å². The Morgan fingerprint density at radius 2 is 1.53 bits per heavy atom. The first kappa shape index (κ1) is 23.6. The average molecular weight is 463 g/mol. The zero-order chi connectivity index (χ0) is 24.5. The van der Waals surface area contributed by atoms with E-state index in [1.165, 1.54) is 24.3 Å². The van der Waals surface area contributed by atoms with E-state index in [9.17, 15) is 13.6 Å². The van der Waals surface area contributed by atoms with E-state index in [4.69, 9.17) is 9.73 Å². The largest absolute Gasteiger partial charge is 0.493 e. The summed E-state index contributed by atoms with van der Waals surface area (Å²) in [6, 6.07) is 17.0. The lowest BCUT2D eigenvalue weighted by molar-refractivity contribution is -0.116. The number of hydrogen-bond acceptors (Lipinski definition) is 3. The quantitative estimate of drug-likeness (QED) is 0.400. The summed E-state index contributed by atoms with van der Waals surface area (Å²) in [6.45, 7) is 8.73. The molecule has 6 heteroatoms. The second-order valence-corrected chi connectivity index (χ2v) is 9.35. The van der Waals surface area contributed by atoms with Crippen LogP contribution in [0.15, 0.2) is 71.7 Å². The van der Waals surface area contributed by atoms with E-state index in [0.29, 0.717) is 23.8 Å². The maximum atomic E-state index is 13.7. The molecule has 0 spiro atoms. The Labute approximate surface area is 198 Å². The van der Waals surface area contributed by atoms with Crippen LogP contribution in [0.5, 0.6) is 5.75 Å². The van der Waals surface area contributed by atoms with Gasteiger partial charge in [0.1, 0.15) is 29.3 Å². The molecule has 4 nitrogen and oxygen atoms in total. The molecule has 1 amide bonds. The van der Waals surface area contributed by atoms with Crippen molar-refractivity contribution in [2.45, 2.75) is 45.2 Å². The highest BCUT2D eigenvalue weighted by Crippen LogP contribution is 2.44. The van der Waals surface area contributed by atoms with Crippen LogP contribution in [0, 0.1) is 11.6 Å². The van der Waals surface area contributed by atoms with Gasteiger partial charge in [-0.15, -0.1) is 0 Å². The highest BCUT2D eigenvalue weighted by Gasteiger charge is 2.40. The van der Waals surface area contributed by atoms with Gasteiger partial charge in [0.25, 0.3) is 0 Å². The molecule has 0 aliphatic carbocycles. The van der Waals surface area contributed by atoms with E-state index in [1.807, 2.05) is 25.1 Å². The van der Waals surface area contributed by atoms with Crippen LogP contribution < -0.4 is 4.74 Å². The van der Waals surface area contributed by atoms with Crippen LogP contribution in [0.25, 0.3) is 0 Å². The van der Waals surface area contributed by atoms with Gasteiger partial charge in [-0.05, 0) is 65.4 Å². The topological polar surface area (TPSA) is 41.9 Å². The Hall–Kier alpha value is -3.54. The summed E-state index contributed by atoms with van der Waals surface area (Å²) in [6.07, 6.45) is 0.740. The predicted octanol–water partition coefficient (Wildman–Crippen LogP) is 6.36. The molecule has 4 rings (SSSR count). The van der Waals surface area contributed by atoms with Crippen molar-refractivity contribution < 1.29 is 18.3 Å². The molecule has 0 saturated heterocycles. The van der Waals surface area contributed by atoms with Crippen LogP contribution in [0.1, 0.15) is 62.0 Å². The number of rotatable bonds is 6. The number of nitrogens with zero attached hydrogens (tertiary/aromatic N) is 2. The first-order valence-corrected chi connectivity index (χ1v) is 11.3. The Kier molecular flexibility index (Phi) is 6.51. The molecule has 176 valence electrons. The van der Waals surface area contributed by atoms with E-state index in [1.54, 1.807) is 29.2 Å². The summed E-state index contributed by atoms with van der Waals surface area (Å²) < 4.78 is 33.3. The number of amides is 1. The predicted molar refractivity (Wildman–Crippen MR) is 129 cm³/mol. The van der Waals surface area contributed by atoms with Gasteiger partial charge in [-0.25, -0.2) is 8.78 Å². The van der Waals surface area contributed by atoms with Crippen LogP contribution in [0.3, 0.4) is 0 Å². The third-order valence-corrected chi connectivity index (χ3v) is 6.03. The molecule has 0 unspecified atom stereocenters. The van der Waals surface area contributed by atoms with Gasteiger partial charge in [0.15, 0.2) is 0 Å². The monoisotopic (exact) mass is 462 g/mol. The maximum Gasteiger partial charge on any atom is 0.215 e. The molecule has 0 fully saturated rings. The summed E-state index contributed by atoms with van der Waals surface area (Å²) >= 11 is 0. The molecule has 2 atom stereocenters. The lowest BCUT2D eigenvalue weighted by Gasteiger charge is -2.27. The molecule has 0 radical (unpaired) electrons. The van der Waals surface area contributed by atoms with Crippen LogP contribution >= 0.6 is 0 Å². The molecular formula is C28H28F2N2O2. The lowest BCUT2D eigenvalue weighted by atomic mass is 9.86. The van der Waals surface area contributed by atoms with Gasteiger partial charge in [-0.2, -0.15) is 0 Å². The van der Waals surface area contributed by atoms with Crippen molar-refractivity contribution >= 4 is 12.2 Å². The number of aliphatic imine (C=N–C) groups is 1. The van der Waals surface area contributed by atoms with Gasteiger partial charge in [0, 0.05) is 0 Å². The SMILES string of the molecule is CCOc1cc(C(C)(C)C)ccc1C1=N[C@@H](c2ccc(F)cc2)[C@@H](c2ccc(F)cc2)N1C=O. The number of hydrogen-bond donors (Lipinski definition) is 0. The summed E-state index contributed by atoms with van der Waals surface area (Å²) in [4.78, 5) is 18.9. The Morgan fingerprint density at radius 1 is 0.941 bits per heavy atom. The van der Waals surface area contributed by atoms with E-state index >= 15 is 0 Å². The summed E-state index contributed by atoms with van der Waals surface area (Å²) in [5.74, 6) is 0.379. The van der Waals surface area contributed by atoms with Crippen molar-refractivity contribution in [3.63, 3.8) is 0 Å². The molecule has 1 aliphatic heterocycles. The van der Waals surface area contributed by atoms with Gasteiger partial charge < -0.3 is 4.74 Å². The minimum atomic E-state index is -0.518. The molecule has 1 heterocycles. The van der Waals surface area contributed by atoms with Gasteiger partial charge in [0.05, 0.1) is 18.2 Å². The minimum Gasteiger partial charge on any atom is -0.493 e. The highest BCUT2D eigenvalue weighted by atomic mass is 19.1. The fourth-order valence-electron chi connectivity index (χ4n) is 4.25. The first-order valence-electron chi connectivity index (χ1n) is 11.3. The Bertz CT molecular complexity index is 1200. The fraction of sp³-hybridized carbons (Fsp3) is 0.286. The van der Waals surface area contributed by atoms with Crippen LogP contribution in [0.2, 0.25) is 0 Å². The number of ether oxygens (including phenoxy) is 1. The highest BCUT2D eigenvalue weighted by molar-refractivity contribution is 6.07. The van der Waals surface area contributed by atoms with E-state index in [0.717, 1.165) is 23.1 Å². The standard InChI is InChI=1S/C28H28F2N2O2/c1-5-34-24-16-20(28(2,3)4)10-15-23(24)27-31-25(18-6-11-21(29)12-7-18)26(32(27)17-33)19-8-13-22(30)14-9-19/h6-17,25-26H,5H2,1-4H3/t25-,26+/m0/s1. The zero-order valence-corrected chi connectivity index (χ0v) is 19.8. The molecule has 0 N–H and O–H groups in total. The van der Waals surface area contributed by atoms with Gasteiger partial charge in [0.2, 0.25) is 6.41 Å². The lowest BCUT2D eigenvalue weighted by Crippen LogP contribution is -2.31. The molecule has 3 aromatic carbocycles. The van der Waals surface area contributed by atoms with Crippen molar-refractivity contribution in [2.24, 2.45) is 4.99 Å². The Morgan fingerprint density at radius 3 is 2.06 bits per heavy atom. The van der Waals surface area contributed by atoms with Crippen LogP contribution in [-0.4, -0.2) is 23.8 Å². The normalized spacial score (nSPS) is 18.1. The van der Waals surface area contributed by atoms with Gasteiger partial charge >= 0.3 is 0 Å². The molecule has 0 saturated carbocycles. The minimum absolute atomic E-state index is 0.0838. The first-order chi connectivity index (χ1) is 16.2. The fourth-order valence-corrected chi connectivity index (χ4v) is 4.25. The zero-order valence-electron chi connectivity index (χ0n) is 19.8.